The van der Waals surface area contributed by atoms with Crippen molar-refractivity contribution in [2.24, 2.45) is 28.1 Å². The van der Waals surface area contributed by atoms with E-state index in [1.165, 1.54) is 39.5 Å². The van der Waals surface area contributed by atoms with Gasteiger partial charge in [-0.2, -0.15) is 0 Å². The van der Waals surface area contributed by atoms with Gasteiger partial charge in [0.05, 0.1) is 32.5 Å². The second-order valence-electron chi connectivity index (χ2n) is 16.5. The first-order valence-electron chi connectivity index (χ1n) is 18.1. The zero-order valence-corrected chi connectivity index (χ0v) is 32.4. The number of hydrogen-bond acceptors (Lipinski definition) is 17. The molecule has 0 radical (unpaired) electrons. The Morgan fingerprint density at radius 3 is 1.85 bits per heavy atom. The minimum Gasteiger partial charge on any atom is -0.472 e. The van der Waals surface area contributed by atoms with E-state index in [0.717, 1.165) is 27.9 Å². The minimum atomic E-state index is -2.36. The van der Waals surface area contributed by atoms with E-state index >= 15 is 4.79 Å². The largest absolute Gasteiger partial charge is 0.472 e. The average molecular weight is 775 g/mol. The van der Waals surface area contributed by atoms with E-state index in [0.29, 0.717) is 0 Å². The lowest BCUT2D eigenvalue weighted by atomic mass is 9.33. The summed E-state index contributed by atoms with van der Waals surface area (Å²) >= 11 is 0. The third-order valence-electron chi connectivity index (χ3n) is 13.8. The fourth-order valence-corrected chi connectivity index (χ4v) is 12.7. The molecule has 2 spiro atoms. The van der Waals surface area contributed by atoms with Crippen LogP contribution >= 0.6 is 0 Å². The van der Waals surface area contributed by atoms with Crippen molar-refractivity contribution in [1.29, 1.82) is 0 Å². The zero-order valence-electron chi connectivity index (χ0n) is 32.4. The second kappa shape index (κ2) is 11.8. The van der Waals surface area contributed by atoms with Gasteiger partial charge in [-0.15, -0.1) is 0 Å². The number of ether oxygens (including phenoxy) is 9. The van der Waals surface area contributed by atoms with Crippen molar-refractivity contribution in [3.05, 3.63) is 24.2 Å². The van der Waals surface area contributed by atoms with E-state index in [1.807, 2.05) is 0 Å². The molecule has 3 heterocycles. The molecule has 6 aliphatic rings. The maximum Gasteiger partial charge on any atom is 0.305 e. The first-order valence-corrected chi connectivity index (χ1v) is 18.1. The van der Waals surface area contributed by atoms with E-state index in [1.54, 1.807) is 20.8 Å². The molecule has 4 saturated carbocycles. The monoisotopic (exact) mass is 774 g/mol. The van der Waals surface area contributed by atoms with Crippen molar-refractivity contribution in [2.45, 2.75) is 128 Å². The van der Waals surface area contributed by atoms with Crippen molar-refractivity contribution in [3.8, 4) is 0 Å². The molecule has 0 amide bonds. The highest BCUT2D eigenvalue weighted by Gasteiger charge is 3.06. The fourth-order valence-electron chi connectivity index (χ4n) is 12.7. The summed E-state index contributed by atoms with van der Waals surface area (Å²) in [6, 6.07) is 1.43. The number of rotatable bonds is 10. The highest BCUT2D eigenvalue weighted by Crippen LogP contribution is 2.90. The number of esters is 6. The molecular weight excluding hydrogens is 728 g/mol. The van der Waals surface area contributed by atoms with Crippen LogP contribution in [0.3, 0.4) is 0 Å². The molecule has 0 aromatic carbocycles. The summed E-state index contributed by atoms with van der Waals surface area (Å²) in [5.41, 5.74) is -13.4. The number of Topliss-reactive ketones (excluding diaryl/α,β-unsaturated/α-hetero) is 1. The molecule has 4 aliphatic carbocycles. The number of hydrogen-bond donors (Lipinski definition) is 0. The molecule has 1 unspecified atom stereocenters. The van der Waals surface area contributed by atoms with E-state index in [9.17, 15) is 28.8 Å². The van der Waals surface area contributed by atoms with Gasteiger partial charge in [0, 0.05) is 69.6 Å². The maximum atomic E-state index is 15.0. The summed E-state index contributed by atoms with van der Waals surface area (Å²) in [7, 11) is 2.36. The van der Waals surface area contributed by atoms with Crippen molar-refractivity contribution in [1.82, 2.24) is 0 Å². The molecular formula is C38H46O17. The number of furan rings is 1. The van der Waals surface area contributed by atoms with Crippen LogP contribution in [-0.4, -0.2) is 103 Å². The molecule has 17 nitrogen and oxygen atoms in total. The summed E-state index contributed by atoms with van der Waals surface area (Å²) in [5.74, 6) is -10.1. The third kappa shape index (κ3) is 4.37. The summed E-state index contributed by atoms with van der Waals surface area (Å²) in [6.07, 6.45) is -3.72. The molecule has 6 fully saturated rings. The Balaban J connectivity index is 1.71. The predicted molar refractivity (Wildman–Crippen MR) is 178 cm³/mol. The van der Waals surface area contributed by atoms with Crippen molar-refractivity contribution in [3.63, 3.8) is 0 Å². The highest BCUT2D eigenvalue weighted by atomic mass is 16.9. The van der Waals surface area contributed by atoms with Gasteiger partial charge in [-0.1, -0.05) is 20.8 Å². The number of ketones is 1. The lowest BCUT2D eigenvalue weighted by Crippen LogP contribution is -2.96. The van der Waals surface area contributed by atoms with Crippen LogP contribution in [0.1, 0.15) is 91.4 Å². The number of methoxy groups -OCH3 is 2. The van der Waals surface area contributed by atoms with Crippen molar-refractivity contribution < 1.29 is 80.6 Å². The zero-order chi connectivity index (χ0) is 40.5. The van der Waals surface area contributed by atoms with Gasteiger partial charge in [-0.3, -0.25) is 33.6 Å². The van der Waals surface area contributed by atoms with Gasteiger partial charge in [-0.25, -0.2) is 0 Å². The Morgan fingerprint density at radius 1 is 0.745 bits per heavy atom. The number of fused-ring (bicyclic) bond motifs is 2. The Labute approximate surface area is 316 Å². The minimum absolute atomic E-state index is 0.0872. The van der Waals surface area contributed by atoms with Crippen LogP contribution in [0.15, 0.2) is 23.0 Å². The van der Waals surface area contributed by atoms with E-state index in [2.05, 4.69) is 0 Å². The lowest BCUT2D eigenvalue weighted by molar-refractivity contribution is -0.485. The van der Waals surface area contributed by atoms with E-state index < -0.39 is 123 Å². The molecule has 1 aromatic heterocycles. The highest BCUT2D eigenvalue weighted by molar-refractivity contribution is 6.01. The van der Waals surface area contributed by atoms with E-state index in [4.69, 9.17) is 47.0 Å². The summed E-state index contributed by atoms with van der Waals surface area (Å²) in [5, 5.41) is 0. The molecule has 1 aromatic rings. The van der Waals surface area contributed by atoms with Gasteiger partial charge in [0.15, 0.2) is 29.2 Å². The number of carbonyl (C=O) groups is 7. The summed E-state index contributed by atoms with van der Waals surface area (Å²) < 4.78 is 62.3. The van der Waals surface area contributed by atoms with Gasteiger partial charge in [0.1, 0.15) is 18.0 Å². The van der Waals surface area contributed by atoms with Gasteiger partial charge in [0.2, 0.25) is 5.60 Å². The van der Waals surface area contributed by atoms with Crippen LogP contribution in [0.5, 0.6) is 0 Å². The van der Waals surface area contributed by atoms with E-state index in [-0.39, 0.29) is 24.8 Å². The fraction of sp³-hybridized carbons (Fsp3) is 0.711. The van der Waals surface area contributed by atoms with Crippen molar-refractivity contribution >= 4 is 41.6 Å². The van der Waals surface area contributed by atoms with Crippen LogP contribution in [-0.2, 0) is 71.4 Å². The first kappa shape index (κ1) is 38.9. The molecule has 55 heavy (non-hydrogen) atoms. The first-order chi connectivity index (χ1) is 25.6. The Kier molecular flexibility index (Phi) is 8.37. The SMILES string of the molecule is COC(=O)C[C@H]1C2(C)C[C@@]34O[C@]5(C)O[C@@]6([C@H](OC(C)=O)[C@@]3(OC(C)=O)[C@H]2OC(C)=O)[C@H](CC(=O)OC)[C@](C)(C(=O)c2ccoc2)C[C@@H](OC(C)=O)[C@]6(O5)[C@]14C. The van der Waals surface area contributed by atoms with Crippen LogP contribution in [0, 0.1) is 28.1 Å². The molecule has 2 aliphatic heterocycles. The van der Waals surface area contributed by atoms with Gasteiger partial charge >= 0.3 is 35.8 Å². The van der Waals surface area contributed by atoms with Crippen LogP contribution in [0.25, 0.3) is 0 Å². The molecule has 300 valence electrons. The molecule has 4 bridgehead atoms. The van der Waals surface area contributed by atoms with Gasteiger partial charge < -0.3 is 47.0 Å². The predicted octanol–water partition coefficient (Wildman–Crippen LogP) is 2.74. The molecule has 7 rings (SSSR count). The maximum absolute atomic E-state index is 15.0. The Hall–Kier alpha value is -4.35. The molecule has 2 saturated heterocycles. The third-order valence-corrected chi connectivity index (χ3v) is 13.8. The van der Waals surface area contributed by atoms with Crippen LogP contribution < -0.4 is 0 Å². The number of carbonyl (C=O) groups excluding carboxylic acids is 7. The second-order valence-corrected chi connectivity index (χ2v) is 16.5. The topological polar surface area (TPSA) is 216 Å². The molecule has 17 heteroatoms. The molecule has 13 atom stereocenters. The standard InChI is InChI=1S/C38H46O17/c1-18(39)49-25-15-31(5,28(45)22-11-12-48-16-22)24(14-27(44)47-10)36-30(51-20(3)41)37(52-21(4)42)29(50-19(2)40)32(6)17-35(37)33(7,23(32)13-26(43)46-9)38(25,36)55-34(8,53-35)54-36/h11-12,16,23-25,29-30H,13-15,17H2,1-10H3/t23-,24+,25+,29-,30-,31+,32?,33+,34+,35-,36+,37-,38-/m0/s1. The van der Waals surface area contributed by atoms with Gasteiger partial charge in [0.25, 0.3) is 5.97 Å². The van der Waals surface area contributed by atoms with Gasteiger partial charge in [-0.05, 0) is 18.4 Å². The Bertz CT molecular complexity index is 1890. The van der Waals surface area contributed by atoms with Crippen molar-refractivity contribution in [2.75, 3.05) is 14.2 Å². The Morgan fingerprint density at radius 2 is 1.33 bits per heavy atom. The molecule has 0 N–H and O–H groups in total. The summed E-state index contributed by atoms with van der Waals surface area (Å²) in [6.45, 7) is 11.0. The lowest BCUT2D eigenvalue weighted by Gasteiger charge is -2.77. The normalized spacial score (nSPS) is 45.2. The summed E-state index contributed by atoms with van der Waals surface area (Å²) in [4.78, 5) is 96.1. The average Bonchev–Trinajstić information content (AvgIpc) is 3.79. The quantitative estimate of drug-likeness (QED) is 0.190. The van der Waals surface area contributed by atoms with Crippen LogP contribution in [0.4, 0.5) is 0 Å². The smallest absolute Gasteiger partial charge is 0.305 e. The van der Waals surface area contributed by atoms with Crippen LogP contribution in [0.2, 0.25) is 0 Å².